The van der Waals surface area contributed by atoms with Gasteiger partial charge >= 0.3 is 5.97 Å². The molecule has 1 unspecified atom stereocenters. The predicted molar refractivity (Wildman–Crippen MR) is 106 cm³/mol. The Kier molecular flexibility index (Phi) is 6.97. The molecule has 0 aliphatic carbocycles. The van der Waals surface area contributed by atoms with Crippen molar-refractivity contribution in [1.82, 2.24) is 0 Å². The molecule has 0 radical (unpaired) electrons. The van der Waals surface area contributed by atoms with Crippen molar-refractivity contribution in [3.8, 4) is 0 Å². The number of hydrogen-bond acceptors (Lipinski definition) is 2. The van der Waals surface area contributed by atoms with Crippen LogP contribution in [0.1, 0.15) is 13.8 Å². The Morgan fingerprint density at radius 3 is 1.31 bits per heavy atom. The Morgan fingerprint density at radius 1 is 0.731 bits per heavy atom. The highest BCUT2D eigenvalue weighted by molar-refractivity contribution is 7.96. The molecule has 0 fully saturated rings. The van der Waals surface area contributed by atoms with Crippen molar-refractivity contribution < 1.29 is 21.9 Å². The number of benzene rings is 3. The number of rotatable bonds is 5. The molecule has 0 amide bonds. The first-order valence-corrected chi connectivity index (χ1v) is 10.2. The van der Waals surface area contributed by atoms with Crippen LogP contribution in [0.5, 0.6) is 0 Å². The van der Waals surface area contributed by atoms with E-state index in [9.17, 15) is 4.79 Å². The summed E-state index contributed by atoms with van der Waals surface area (Å²) < 4.78 is 5.79. The topological polar surface area (TPSA) is 26.3 Å². The van der Waals surface area contributed by atoms with Gasteiger partial charge in [-0.3, -0.25) is 4.79 Å². The highest BCUT2D eigenvalue weighted by Crippen LogP contribution is 2.59. The Balaban J connectivity index is 0.00000243. The minimum atomic E-state index is -2.14. The van der Waals surface area contributed by atoms with Crippen molar-refractivity contribution in [3.05, 3.63) is 91.0 Å². The molecule has 3 aromatic rings. The summed E-state index contributed by atoms with van der Waals surface area (Å²) in [6, 6.07) is 31.2. The quantitative estimate of drug-likeness (QED) is 0.482. The highest BCUT2D eigenvalue weighted by atomic mass is 35.5. The molecule has 3 rings (SSSR count). The Morgan fingerprint density at radius 2 is 1.04 bits per heavy atom. The summed E-state index contributed by atoms with van der Waals surface area (Å²) in [5, 5.41) is 3.63. The summed E-state index contributed by atoms with van der Waals surface area (Å²) in [4.78, 5) is 11.8. The molecule has 2 nitrogen and oxygen atoms in total. The van der Waals surface area contributed by atoms with Crippen molar-refractivity contribution in [2.24, 2.45) is 0 Å². The molecule has 3 aromatic carbocycles. The minimum absolute atomic E-state index is 0. The van der Waals surface area contributed by atoms with E-state index in [4.69, 9.17) is 4.74 Å². The van der Waals surface area contributed by atoms with Gasteiger partial charge in [0.2, 0.25) is 5.85 Å². The first-order valence-electron chi connectivity index (χ1n) is 8.38. The average molecular weight is 385 g/mol. The summed E-state index contributed by atoms with van der Waals surface area (Å²) in [6.45, 7) is 3.49. The third-order valence-electron chi connectivity index (χ3n) is 4.37. The SMILES string of the molecule is CC(=O)OC(C)[P+](c1ccccc1)(c1ccccc1)c1ccccc1.[Cl-]. The van der Waals surface area contributed by atoms with E-state index in [1.54, 1.807) is 0 Å². The van der Waals surface area contributed by atoms with Gasteiger partial charge in [-0.15, -0.1) is 0 Å². The van der Waals surface area contributed by atoms with Gasteiger partial charge in [-0.1, -0.05) is 54.6 Å². The fraction of sp³-hybridized carbons (Fsp3) is 0.136. The molecule has 0 bridgehead atoms. The molecule has 26 heavy (non-hydrogen) atoms. The maximum Gasteiger partial charge on any atom is 0.305 e. The van der Waals surface area contributed by atoms with Gasteiger partial charge in [0.25, 0.3) is 0 Å². The number of ether oxygens (including phenoxy) is 1. The van der Waals surface area contributed by atoms with Gasteiger partial charge in [-0.25, -0.2) is 0 Å². The van der Waals surface area contributed by atoms with E-state index < -0.39 is 7.26 Å². The minimum Gasteiger partial charge on any atom is -1.00 e. The molecule has 0 aliphatic rings. The van der Waals surface area contributed by atoms with Gasteiger partial charge in [0, 0.05) is 13.8 Å². The van der Waals surface area contributed by atoms with Gasteiger partial charge in [0.1, 0.15) is 15.9 Å². The highest BCUT2D eigenvalue weighted by Gasteiger charge is 2.52. The Bertz CT molecular complexity index is 726. The standard InChI is InChI=1S/C22H22O2P.ClH/c1-18(23)24-19(2)25(20-12-6-3-7-13-20,21-14-8-4-9-15-21)22-16-10-5-11-17-22;/h3-17,19H,1-2H3;1H/q+1;/p-1. The molecule has 0 N–H and O–H groups in total. The van der Waals surface area contributed by atoms with Crippen LogP contribution in [0.25, 0.3) is 0 Å². The molecule has 4 heteroatoms. The van der Waals surface area contributed by atoms with Crippen molar-refractivity contribution in [3.63, 3.8) is 0 Å². The normalized spacial score (nSPS) is 11.9. The Labute approximate surface area is 162 Å². The number of esters is 1. The summed E-state index contributed by atoms with van der Waals surface area (Å²) in [5.74, 6) is -0.503. The van der Waals surface area contributed by atoms with Crippen molar-refractivity contribution in [2.45, 2.75) is 19.7 Å². The average Bonchev–Trinajstić information content (AvgIpc) is 2.64. The third kappa shape index (κ3) is 3.82. The van der Waals surface area contributed by atoms with E-state index in [1.165, 1.54) is 22.8 Å². The zero-order valence-electron chi connectivity index (χ0n) is 14.9. The number of hydrogen-bond donors (Lipinski definition) is 0. The van der Waals surface area contributed by atoms with Crippen LogP contribution in [0.4, 0.5) is 0 Å². The van der Waals surface area contributed by atoms with Crippen LogP contribution >= 0.6 is 7.26 Å². The zero-order chi connectivity index (χ0) is 17.7. The van der Waals surface area contributed by atoms with E-state index in [0.29, 0.717) is 0 Å². The molecular weight excluding hydrogens is 363 g/mol. The molecular formula is C22H22ClO2P. The van der Waals surface area contributed by atoms with Gasteiger partial charge < -0.3 is 17.1 Å². The van der Waals surface area contributed by atoms with Gasteiger partial charge in [-0.2, -0.15) is 0 Å². The van der Waals surface area contributed by atoms with Gasteiger partial charge in [-0.05, 0) is 36.4 Å². The first-order chi connectivity index (χ1) is 12.2. The summed E-state index contributed by atoms with van der Waals surface area (Å²) in [5.41, 5.74) is 0. The molecule has 1 atom stereocenters. The molecule has 0 aliphatic heterocycles. The molecule has 0 saturated heterocycles. The second-order valence-corrected chi connectivity index (χ2v) is 9.66. The van der Waals surface area contributed by atoms with E-state index in [0.717, 1.165) is 0 Å². The number of carbonyl (C=O) groups is 1. The van der Waals surface area contributed by atoms with E-state index >= 15 is 0 Å². The molecule has 0 spiro atoms. The maximum atomic E-state index is 11.8. The van der Waals surface area contributed by atoms with E-state index in [2.05, 4.69) is 72.8 Å². The van der Waals surface area contributed by atoms with Crippen LogP contribution in [0, 0.1) is 0 Å². The molecule has 0 aromatic heterocycles. The smallest absolute Gasteiger partial charge is 0.305 e. The lowest BCUT2D eigenvalue weighted by atomic mass is 10.4. The fourth-order valence-corrected chi connectivity index (χ4v) is 7.77. The lowest BCUT2D eigenvalue weighted by Crippen LogP contribution is -3.00. The fourth-order valence-electron chi connectivity index (χ4n) is 3.39. The van der Waals surface area contributed by atoms with Crippen LogP contribution in [0.2, 0.25) is 0 Å². The summed E-state index contributed by atoms with van der Waals surface area (Å²) >= 11 is 0. The summed E-state index contributed by atoms with van der Waals surface area (Å²) in [6.07, 6.45) is 0. The van der Waals surface area contributed by atoms with Crippen molar-refractivity contribution in [2.75, 3.05) is 0 Å². The van der Waals surface area contributed by atoms with Crippen LogP contribution in [-0.2, 0) is 9.53 Å². The molecule has 0 saturated carbocycles. The van der Waals surface area contributed by atoms with Crippen LogP contribution < -0.4 is 28.3 Å². The van der Waals surface area contributed by atoms with Crippen molar-refractivity contribution >= 4 is 29.1 Å². The van der Waals surface area contributed by atoms with E-state index in [-0.39, 0.29) is 24.2 Å². The number of carbonyl (C=O) groups excluding carboxylic acids is 1. The van der Waals surface area contributed by atoms with E-state index in [1.807, 2.05) is 25.1 Å². The third-order valence-corrected chi connectivity index (χ3v) is 8.91. The second kappa shape index (κ2) is 8.98. The van der Waals surface area contributed by atoms with Gasteiger partial charge in [0.15, 0.2) is 7.26 Å². The van der Waals surface area contributed by atoms with Crippen LogP contribution in [0.15, 0.2) is 91.0 Å². The zero-order valence-corrected chi connectivity index (χ0v) is 16.5. The molecule has 0 heterocycles. The Hall–Kier alpha value is -2.15. The lowest BCUT2D eigenvalue weighted by molar-refractivity contribution is -0.142. The first kappa shape index (κ1) is 20.2. The largest absolute Gasteiger partial charge is 1.00 e. The lowest BCUT2D eigenvalue weighted by Gasteiger charge is -2.31. The van der Waals surface area contributed by atoms with Crippen LogP contribution in [0.3, 0.4) is 0 Å². The summed E-state index contributed by atoms with van der Waals surface area (Å²) in [7, 11) is -2.14. The molecule has 134 valence electrons. The maximum absolute atomic E-state index is 11.8. The van der Waals surface area contributed by atoms with Crippen molar-refractivity contribution in [1.29, 1.82) is 0 Å². The monoisotopic (exact) mass is 384 g/mol. The van der Waals surface area contributed by atoms with Gasteiger partial charge in [0.05, 0.1) is 0 Å². The van der Waals surface area contributed by atoms with Crippen LogP contribution in [-0.4, -0.2) is 11.8 Å². The predicted octanol–water partition coefficient (Wildman–Crippen LogP) is 0.894. The second-order valence-electron chi connectivity index (χ2n) is 5.94. The number of halogens is 1.